The van der Waals surface area contributed by atoms with Crippen molar-refractivity contribution in [2.75, 3.05) is 49.3 Å². The zero-order chi connectivity index (χ0) is 15.1. The molecule has 1 fully saturated rings. The van der Waals surface area contributed by atoms with E-state index in [-0.39, 0.29) is 5.95 Å². The molecule has 0 spiro atoms. The molecule has 1 saturated heterocycles. The minimum absolute atomic E-state index is 0.213. The van der Waals surface area contributed by atoms with Gasteiger partial charge in [-0.05, 0) is 25.7 Å². The summed E-state index contributed by atoms with van der Waals surface area (Å²) in [5.74, 6) is 1.29. The molecule has 0 aliphatic carbocycles. The minimum atomic E-state index is -0.497. The summed E-state index contributed by atoms with van der Waals surface area (Å²) >= 11 is 0. The first-order chi connectivity index (χ1) is 10.2. The average molecular weight is 296 g/mol. The Morgan fingerprint density at radius 1 is 1.29 bits per heavy atom. The molecular formula is C13H24N6O2. The highest BCUT2D eigenvalue weighted by atomic mass is 16.5. The molecule has 1 unspecified atom stereocenters. The predicted octanol–water partition coefficient (Wildman–Crippen LogP) is 0.253. The number of nitrogens with one attached hydrogen (secondary N) is 1. The third-order valence-electron chi connectivity index (χ3n) is 3.40. The zero-order valence-corrected chi connectivity index (χ0v) is 12.5. The van der Waals surface area contributed by atoms with Gasteiger partial charge in [0.2, 0.25) is 17.8 Å². The molecule has 0 bridgehead atoms. The number of aliphatic hydroxyl groups is 1. The van der Waals surface area contributed by atoms with Crippen LogP contribution in [-0.2, 0) is 4.74 Å². The van der Waals surface area contributed by atoms with Gasteiger partial charge in [0.25, 0.3) is 0 Å². The van der Waals surface area contributed by atoms with Crippen molar-refractivity contribution in [3.63, 3.8) is 0 Å². The second kappa shape index (κ2) is 7.94. The fourth-order valence-corrected chi connectivity index (χ4v) is 2.32. The summed E-state index contributed by atoms with van der Waals surface area (Å²) in [6, 6.07) is 0. The molecule has 8 heteroatoms. The number of ether oxygens (including phenoxy) is 1. The van der Waals surface area contributed by atoms with Crippen molar-refractivity contribution in [1.29, 1.82) is 0 Å². The number of nitrogens with two attached hydrogens (primary N) is 1. The first-order valence-electron chi connectivity index (χ1n) is 7.36. The Balaban J connectivity index is 1.91. The lowest BCUT2D eigenvalue weighted by Gasteiger charge is -2.26. The van der Waals surface area contributed by atoms with Gasteiger partial charge in [-0.1, -0.05) is 0 Å². The van der Waals surface area contributed by atoms with Crippen LogP contribution in [-0.4, -0.2) is 59.5 Å². The molecule has 8 nitrogen and oxygen atoms in total. The van der Waals surface area contributed by atoms with Crippen molar-refractivity contribution in [3.05, 3.63) is 0 Å². The normalized spacial score (nSPS) is 16.8. The summed E-state index contributed by atoms with van der Waals surface area (Å²) in [5, 5.41) is 12.7. The van der Waals surface area contributed by atoms with Crippen LogP contribution < -0.4 is 16.0 Å². The Morgan fingerprint density at radius 2 is 2.05 bits per heavy atom. The van der Waals surface area contributed by atoms with Crippen LogP contribution in [0.2, 0.25) is 0 Å². The van der Waals surface area contributed by atoms with E-state index in [2.05, 4.69) is 25.2 Å². The maximum atomic E-state index is 9.59. The number of rotatable bonds is 7. The standard InChI is InChI=1S/C13H24N6O2/c1-21-9-10(20)5-6-15-12-16-11(14)17-13(18-12)19-7-3-2-4-8-19/h10,20H,2-9H2,1H3,(H3,14,15,16,17,18). The van der Waals surface area contributed by atoms with E-state index in [0.29, 0.717) is 31.5 Å². The van der Waals surface area contributed by atoms with Crippen LogP contribution in [0, 0.1) is 0 Å². The number of nitrogens with zero attached hydrogens (tertiary/aromatic N) is 4. The lowest BCUT2D eigenvalue weighted by Crippen LogP contribution is -2.31. The molecule has 1 aromatic heterocycles. The molecule has 0 amide bonds. The van der Waals surface area contributed by atoms with Crippen molar-refractivity contribution >= 4 is 17.8 Å². The SMILES string of the molecule is COCC(O)CCNc1nc(N)nc(N2CCCCC2)n1. The lowest BCUT2D eigenvalue weighted by molar-refractivity contribution is 0.0615. The lowest BCUT2D eigenvalue weighted by atomic mass is 10.1. The fourth-order valence-electron chi connectivity index (χ4n) is 2.32. The Kier molecular flexibility index (Phi) is 5.94. The molecule has 118 valence electrons. The number of aromatic nitrogens is 3. The third kappa shape index (κ3) is 4.98. The maximum Gasteiger partial charge on any atom is 0.231 e. The fraction of sp³-hybridized carbons (Fsp3) is 0.769. The highest BCUT2D eigenvalue weighted by molar-refractivity contribution is 5.42. The van der Waals surface area contributed by atoms with E-state index in [1.165, 1.54) is 6.42 Å². The average Bonchev–Trinajstić information content (AvgIpc) is 2.48. The summed E-state index contributed by atoms with van der Waals surface area (Å²) in [7, 11) is 1.56. The topological polar surface area (TPSA) is 109 Å². The predicted molar refractivity (Wildman–Crippen MR) is 81.3 cm³/mol. The number of hydrogen-bond donors (Lipinski definition) is 3. The largest absolute Gasteiger partial charge is 0.391 e. The molecule has 1 aromatic rings. The summed E-state index contributed by atoms with van der Waals surface area (Å²) in [6.45, 7) is 2.78. The Labute approximate surface area is 124 Å². The van der Waals surface area contributed by atoms with Crippen LogP contribution in [0.3, 0.4) is 0 Å². The summed E-state index contributed by atoms with van der Waals surface area (Å²) in [4.78, 5) is 14.8. The quantitative estimate of drug-likeness (QED) is 0.657. The van der Waals surface area contributed by atoms with Gasteiger partial charge >= 0.3 is 0 Å². The molecule has 0 saturated carbocycles. The van der Waals surface area contributed by atoms with Gasteiger partial charge in [-0.15, -0.1) is 0 Å². The van der Waals surface area contributed by atoms with Crippen molar-refractivity contribution in [2.45, 2.75) is 31.8 Å². The Hall–Kier alpha value is -1.67. The highest BCUT2D eigenvalue weighted by Crippen LogP contribution is 2.17. The van der Waals surface area contributed by atoms with E-state index in [9.17, 15) is 5.11 Å². The van der Waals surface area contributed by atoms with Gasteiger partial charge in [0.1, 0.15) is 0 Å². The van der Waals surface area contributed by atoms with Crippen LogP contribution >= 0.6 is 0 Å². The molecule has 1 aliphatic heterocycles. The van der Waals surface area contributed by atoms with E-state index >= 15 is 0 Å². The second-order valence-corrected chi connectivity index (χ2v) is 5.19. The minimum Gasteiger partial charge on any atom is -0.391 e. The number of methoxy groups -OCH3 is 1. The van der Waals surface area contributed by atoms with Crippen LogP contribution in [0.1, 0.15) is 25.7 Å². The smallest absolute Gasteiger partial charge is 0.231 e. The van der Waals surface area contributed by atoms with E-state index < -0.39 is 6.10 Å². The molecule has 4 N–H and O–H groups in total. The number of anilines is 3. The van der Waals surface area contributed by atoms with Crippen LogP contribution in [0.25, 0.3) is 0 Å². The Bertz CT molecular complexity index is 439. The van der Waals surface area contributed by atoms with Gasteiger partial charge in [-0.3, -0.25) is 0 Å². The van der Waals surface area contributed by atoms with Gasteiger partial charge in [0, 0.05) is 26.7 Å². The van der Waals surface area contributed by atoms with Gasteiger partial charge < -0.3 is 25.8 Å². The van der Waals surface area contributed by atoms with E-state index in [1.807, 2.05) is 0 Å². The van der Waals surface area contributed by atoms with Crippen LogP contribution in [0.4, 0.5) is 17.8 Å². The third-order valence-corrected chi connectivity index (χ3v) is 3.40. The molecule has 0 radical (unpaired) electrons. The molecule has 2 rings (SSSR count). The molecule has 0 aromatic carbocycles. The van der Waals surface area contributed by atoms with Gasteiger partial charge in [0.15, 0.2) is 0 Å². The van der Waals surface area contributed by atoms with Crippen molar-refractivity contribution in [1.82, 2.24) is 15.0 Å². The number of aliphatic hydroxyl groups excluding tert-OH is 1. The van der Waals surface area contributed by atoms with E-state index in [1.54, 1.807) is 7.11 Å². The van der Waals surface area contributed by atoms with E-state index in [0.717, 1.165) is 25.9 Å². The molecule has 1 aliphatic rings. The zero-order valence-electron chi connectivity index (χ0n) is 12.5. The van der Waals surface area contributed by atoms with Gasteiger partial charge in [0.05, 0.1) is 12.7 Å². The van der Waals surface area contributed by atoms with Crippen LogP contribution in [0.5, 0.6) is 0 Å². The van der Waals surface area contributed by atoms with Crippen molar-refractivity contribution < 1.29 is 9.84 Å². The Morgan fingerprint density at radius 3 is 2.76 bits per heavy atom. The first kappa shape index (κ1) is 15.7. The summed E-state index contributed by atoms with van der Waals surface area (Å²) in [5.41, 5.74) is 5.75. The number of hydrogen-bond acceptors (Lipinski definition) is 8. The van der Waals surface area contributed by atoms with E-state index in [4.69, 9.17) is 10.5 Å². The van der Waals surface area contributed by atoms with Crippen LogP contribution in [0.15, 0.2) is 0 Å². The maximum absolute atomic E-state index is 9.59. The molecule has 2 heterocycles. The monoisotopic (exact) mass is 296 g/mol. The second-order valence-electron chi connectivity index (χ2n) is 5.19. The number of piperidine rings is 1. The summed E-state index contributed by atoms with van der Waals surface area (Å²) < 4.78 is 4.88. The molecular weight excluding hydrogens is 272 g/mol. The van der Waals surface area contributed by atoms with Gasteiger partial charge in [-0.2, -0.15) is 15.0 Å². The van der Waals surface area contributed by atoms with Crippen molar-refractivity contribution in [2.24, 2.45) is 0 Å². The van der Waals surface area contributed by atoms with Gasteiger partial charge in [-0.25, -0.2) is 0 Å². The molecule has 1 atom stereocenters. The summed E-state index contributed by atoms with van der Waals surface area (Å²) in [6.07, 6.45) is 3.61. The number of nitrogen functional groups attached to an aromatic ring is 1. The molecule has 21 heavy (non-hydrogen) atoms. The van der Waals surface area contributed by atoms with Crippen molar-refractivity contribution in [3.8, 4) is 0 Å². The first-order valence-corrected chi connectivity index (χ1v) is 7.36. The highest BCUT2D eigenvalue weighted by Gasteiger charge is 2.15.